The van der Waals surface area contributed by atoms with E-state index in [1.165, 1.54) is 116 Å². The molecule has 3 N–H and O–H groups in total. The maximum Gasteiger partial charge on any atom is 0.472 e. The van der Waals surface area contributed by atoms with E-state index < -0.39 is 97.5 Å². The van der Waals surface area contributed by atoms with Crippen molar-refractivity contribution in [3.05, 3.63) is 0 Å². The minimum absolute atomic E-state index is 0.102. The first-order valence-corrected chi connectivity index (χ1v) is 36.3. The Morgan fingerprint density at radius 1 is 0.325 bits per heavy atom. The van der Waals surface area contributed by atoms with Crippen molar-refractivity contribution in [1.29, 1.82) is 0 Å². The molecule has 0 radical (unpaired) electrons. The molecule has 0 aliphatic heterocycles. The smallest absolute Gasteiger partial charge is 0.462 e. The highest BCUT2D eigenvalue weighted by Gasteiger charge is 2.30. The number of unbranched alkanes of at least 4 members (excludes halogenated alkanes) is 30. The molecule has 0 bridgehead atoms. The van der Waals surface area contributed by atoms with Crippen molar-refractivity contribution in [2.75, 3.05) is 39.6 Å². The van der Waals surface area contributed by atoms with Gasteiger partial charge in [0.05, 0.1) is 26.4 Å². The van der Waals surface area contributed by atoms with Crippen LogP contribution in [0.5, 0.6) is 0 Å². The van der Waals surface area contributed by atoms with Gasteiger partial charge in [-0.25, -0.2) is 9.13 Å². The zero-order chi connectivity index (χ0) is 61.7. The number of phosphoric ester groups is 2. The predicted octanol–water partition coefficient (Wildman–Crippen LogP) is 17.5. The first-order chi connectivity index (χ1) is 39.7. The summed E-state index contributed by atoms with van der Waals surface area (Å²) in [5.41, 5.74) is 0. The molecule has 0 aromatic carbocycles. The number of hydrogen-bond donors (Lipinski definition) is 3. The highest BCUT2D eigenvalue weighted by molar-refractivity contribution is 7.47. The lowest BCUT2D eigenvalue weighted by Crippen LogP contribution is -2.30. The lowest BCUT2D eigenvalue weighted by atomic mass is 10.0. The van der Waals surface area contributed by atoms with Gasteiger partial charge in [-0.05, 0) is 43.4 Å². The van der Waals surface area contributed by atoms with Crippen LogP contribution < -0.4 is 0 Å². The van der Waals surface area contributed by atoms with Crippen LogP contribution in [0.2, 0.25) is 0 Å². The number of carbonyl (C=O) groups is 4. The van der Waals surface area contributed by atoms with Gasteiger partial charge >= 0.3 is 39.5 Å². The van der Waals surface area contributed by atoms with E-state index in [4.69, 9.17) is 37.0 Å². The Morgan fingerprint density at radius 3 is 0.819 bits per heavy atom. The van der Waals surface area contributed by atoms with E-state index in [-0.39, 0.29) is 25.7 Å². The average Bonchev–Trinajstić information content (AvgIpc) is 3.44. The predicted molar refractivity (Wildman–Crippen MR) is 331 cm³/mol. The van der Waals surface area contributed by atoms with Gasteiger partial charge in [0.1, 0.15) is 19.3 Å². The summed E-state index contributed by atoms with van der Waals surface area (Å²) in [6, 6.07) is 0. The Labute approximate surface area is 505 Å². The first kappa shape index (κ1) is 81.1. The molecule has 0 fully saturated rings. The Balaban J connectivity index is 5.18. The van der Waals surface area contributed by atoms with Crippen LogP contribution in [-0.2, 0) is 65.4 Å². The van der Waals surface area contributed by atoms with E-state index in [0.29, 0.717) is 31.6 Å². The van der Waals surface area contributed by atoms with Crippen molar-refractivity contribution in [2.24, 2.45) is 17.8 Å². The van der Waals surface area contributed by atoms with Gasteiger partial charge in [0, 0.05) is 25.7 Å². The molecule has 0 heterocycles. The molecule has 0 amide bonds. The number of rotatable bonds is 62. The lowest BCUT2D eigenvalue weighted by Gasteiger charge is -2.21. The maximum absolute atomic E-state index is 13.0. The zero-order valence-electron chi connectivity index (χ0n) is 53.6. The number of esters is 4. The molecule has 17 nitrogen and oxygen atoms in total. The Morgan fingerprint density at radius 2 is 0.554 bits per heavy atom. The van der Waals surface area contributed by atoms with Crippen molar-refractivity contribution < 1.29 is 80.2 Å². The molecule has 0 spiro atoms. The Kier molecular flexibility index (Phi) is 54.1. The fraction of sp³-hybridized carbons (Fsp3) is 0.938. The molecule has 0 saturated carbocycles. The summed E-state index contributed by atoms with van der Waals surface area (Å²) >= 11 is 0. The van der Waals surface area contributed by atoms with Gasteiger partial charge in [0.25, 0.3) is 0 Å². The van der Waals surface area contributed by atoms with Gasteiger partial charge < -0.3 is 33.8 Å². The lowest BCUT2D eigenvalue weighted by molar-refractivity contribution is -0.161. The standard InChI is InChI=1S/C64H124O17P2/c1-8-9-10-28-38-45-61(66)74-51-59(80-64(69)48-41-34-27-21-24-31-37-44-57(6)7)53-78-82(70,71)76-49-58(65)50-77-83(72,73)79-54-60(81-63(68)47-40-33-26-20-16-12-14-18-23-30-36-43-56(4)5)52-75-62(67)46-39-32-25-19-15-11-13-17-22-29-35-42-55(2)3/h55-60,65H,8-54H2,1-7H3,(H,70,71)(H,72,73)/t58-,59+,60+/m0/s1. The minimum atomic E-state index is -4.94. The van der Waals surface area contributed by atoms with Crippen molar-refractivity contribution in [3.8, 4) is 0 Å². The molecule has 492 valence electrons. The zero-order valence-corrected chi connectivity index (χ0v) is 55.4. The third kappa shape index (κ3) is 58.8. The van der Waals surface area contributed by atoms with Gasteiger partial charge in [0.2, 0.25) is 0 Å². The molecule has 0 aliphatic rings. The van der Waals surface area contributed by atoms with E-state index in [1.807, 2.05) is 0 Å². The summed E-state index contributed by atoms with van der Waals surface area (Å²) in [4.78, 5) is 72.0. The normalized spacial score (nSPS) is 14.4. The summed E-state index contributed by atoms with van der Waals surface area (Å²) in [5.74, 6) is 0.0851. The van der Waals surface area contributed by atoms with Crippen LogP contribution in [0.15, 0.2) is 0 Å². The van der Waals surface area contributed by atoms with Crippen LogP contribution in [0, 0.1) is 17.8 Å². The summed E-state index contributed by atoms with van der Waals surface area (Å²) < 4.78 is 67.8. The van der Waals surface area contributed by atoms with Crippen LogP contribution in [0.25, 0.3) is 0 Å². The summed E-state index contributed by atoms with van der Waals surface area (Å²) in [7, 11) is -9.88. The molecule has 0 saturated heterocycles. The van der Waals surface area contributed by atoms with E-state index >= 15 is 0 Å². The van der Waals surface area contributed by atoms with E-state index in [2.05, 4.69) is 48.5 Å². The molecular weight excluding hydrogens is 1100 g/mol. The van der Waals surface area contributed by atoms with Crippen molar-refractivity contribution in [3.63, 3.8) is 0 Å². The van der Waals surface area contributed by atoms with Crippen LogP contribution in [0.4, 0.5) is 0 Å². The minimum Gasteiger partial charge on any atom is -0.462 e. The molecule has 19 heteroatoms. The van der Waals surface area contributed by atoms with Gasteiger partial charge in [0.15, 0.2) is 12.2 Å². The second-order valence-corrected chi connectivity index (χ2v) is 27.5. The number of ether oxygens (including phenoxy) is 4. The second-order valence-electron chi connectivity index (χ2n) is 24.6. The number of phosphoric acid groups is 2. The summed E-state index contributed by atoms with van der Waals surface area (Å²) in [6.07, 6.45) is 36.6. The third-order valence-corrected chi connectivity index (χ3v) is 16.5. The average molecular weight is 1230 g/mol. The van der Waals surface area contributed by atoms with Crippen molar-refractivity contribution in [1.82, 2.24) is 0 Å². The SMILES string of the molecule is CCCCCCCC(=O)OC[C@H](COP(=O)(O)OC[C@H](O)COP(=O)(O)OC[C@@H](COC(=O)CCCCCCCCCCCCCC(C)C)OC(=O)CCCCCCCCCCCCCC(C)C)OC(=O)CCCCCCCCCC(C)C. The third-order valence-electron chi connectivity index (χ3n) is 14.6. The monoisotopic (exact) mass is 1230 g/mol. The van der Waals surface area contributed by atoms with Gasteiger partial charge in [-0.2, -0.15) is 0 Å². The topological polar surface area (TPSA) is 237 Å². The summed E-state index contributed by atoms with van der Waals surface area (Å²) in [6.45, 7) is 11.6. The molecule has 0 aromatic heterocycles. The first-order valence-electron chi connectivity index (χ1n) is 33.3. The van der Waals surface area contributed by atoms with Crippen LogP contribution >= 0.6 is 15.6 Å². The van der Waals surface area contributed by atoms with Gasteiger partial charge in [-0.3, -0.25) is 37.3 Å². The molecule has 83 heavy (non-hydrogen) atoms. The second kappa shape index (κ2) is 55.4. The molecular formula is C64H124O17P2. The van der Waals surface area contributed by atoms with E-state index in [0.717, 1.165) is 108 Å². The fourth-order valence-corrected chi connectivity index (χ4v) is 11.1. The quantitative estimate of drug-likeness (QED) is 0.0222. The summed E-state index contributed by atoms with van der Waals surface area (Å²) in [5, 5.41) is 10.5. The molecule has 0 rings (SSSR count). The maximum atomic E-state index is 13.0. The number of aliphatic hydroxyl groups excluding tert-OH is 1. The molecule has 0 aliphatic carbocycles. The fourth-order valence-electron chi connectivity index (χ4n) is 9.48. The number of carbonyl (C=O) groups excluding carboxylic acids is 4. The van der Waals surface area contributed by atoms with Gasteiger partial charge in [-0.15, -0.1) is 0 Å². The van der Waals surface area contributed by atoms with E-state index in [1.54, 1.807) is 0 Å². The number of hydrogen-bond acceptors (Lipinski definition) is 15. The van der Waals surface area contributed by atoms with Crippen LogP contribution in [-0.4, -0.2) is 96.7 Å². The van der Waals surface area contributed by atoms with Gasteiger partial charge in [-0.1, -0.05) is 260 Å². The van der Waals surface area contributed by atoms with E-state index in [9.17, 15) is 43.2 Å². The van der Waals surface area contributed by atoms with Crippen LogP contribution in [0.3, 0.4) is 0 Å². The molecule has 2 unspecified atom stereocenters. The Bertz CT molecular complexity index is 1650. The highest BCUT2D eigenvalue weighted by atomic mass is 31.2. The van der Waals surface area contributed by atoms with Crippen LogP contribution in [0.1, 0.15) is 312 Å². The van der Waals surface area contributed by atoms with Crippen molar-refractivity contribution in [2.45, 2.75) is 330 Å². The molecule has 0 aromatic rings. The highest BCUT2D eigenvalue weighted by Crippen LogP contribution is 2.45. The molecule has 5 atom stereocenters. The number of aliphatic hydroxyl groups is 1. The van der Waals surface area contributed by atoms with Crippen molar-refractivity contribution >= 4 is 39.5 Å². The Hall–Kier alpha value is -1.94. The largest absolute Gasteiger partial charge is 0.472 e.